The van der Waals surface area contributed by atoms with Crippen molar-refractivity contribution in [3.63, 3.8) is 0 Å². The monoisotopic (exact) mass is 240 g/mol. The maximum atomic E-state index is 8.74. The van der Waals surface area contributed by atoms with Gasteiger partial charge in [0.05, 0.1) is 34.9 Å². The van der Waals surface area contributed by atoms with E-state index in [0.717, 1.165) is 11.4 Å². The predicted molar refractivity (Wildman–Crippen MR) is 67.1 cm³/mol. The molecule has 1 aromatic heterocycles. The van der Waals surface area contributed by atoms with Gasteiger partial charge in [0.25, 0.3) is 0 Å². The molecule has 1 heterocycles. The molecule has 1 aromatic carbocycles. The number of rotatable bonds is 2. The average molecular weight is 240 g/mol. The molecule has 2 rings (SSSR count). The molecule has 2 N–H and O–H groups in total. The van der Waals surface area contributed by atoms with Gasteiger partial charge in [-0.25, -0.2) is 4.98 Å². The van der Waals surface area contributed by atoms with E-state index in [2.05, 4.69) is 9.97 Å². The molecule has 0 fully saturated rings. The first-order valence-electron chi connectivity index (χ1n) is 5.38. The van der Waals surface area contributed by atoms with Gasteiger partial charge >= 0.3 is 0 Å². The lowest BCUT2D eigenvalue weighted by Crippen LogP contribution is -1.97. The zero-order valence-corrected chi connectivity index (χ0v) is 10.1. The Bertz CT molecular complexity index is 631. The highest BCUT2D eigenvalue weighted by Gasteiger charge is 2.06. The van der Waals surface area contributed by atoms with Gasteiger partial charge in [-0.05, 0) is 32.0 Å². The number of aryl methyl sites for hydroxylation is 2. The summed E-state index contributed by atoms with van der Waals surface area (Å²) in [4.78, 5) is 8.40. The summed E-state index contributed by atoms with van der Waals surface area (Å²) in [6.07, 6.45) is 1.54. The highest BCUT2D eigenvalue weighted by Crippen LogP contribution is 2.26. The van der Waals surface area contributed by atoms with E-state index in [-0.39, 0.29) is 0 Å². The first-order valence-corrected chi connectivity index (χ1v) is 5.38. The Labute approximate surface area is 105 Å². The molecule has 5 nitrogen and oxygen atoms in total. The number of ether oxygens (including phenoxy) is 1. The molecule has 0 radical (unpaired) electrons. The van der Waals surface area contributed by atoms with Crippen LogP contribution >= 0.6 is 0 Å². The van der Waals surface area contributed by atoms with Gasteiger partial charge < -0.3 is 10.5 Å². The van der Waals surface area contributed by atoms with Crippen molar-refractivity contribution in [2.24, 2.45) is 0 Å². The molecule has 0 unspecified atom stereocenters. The summed E-state index contributed by atoms with van der Waals surface area (Å²) < 4.78 is 5.54. The number of anilines is 1. The Balaban J connectivity index is 2.29. The number of nitrogens with zero attached hydrogens (tertiary/aromatic N) is 3. The van der Waals surface area contributed by atoms with Crippen LogP contribution in [0.5, 0.6) is 11.6 Å². The Morgan fingerprint density at radius 2 is 2.06 bits per heavy atom. The smallest absolute Gasteiger partial charge is 0.238 e. The maximum Gasteiger partial charge on any atom is 0.238 e. The predicted octanol–water partition coefficient (Wildman–Crippen LogP) is 2.34. The number of aromatic nitrogens is 2. The van der Waals surface area contributed by atoms with E-state index in [9.17, 15) is 0 Å². The van der Waals surface area contributed by atoms with E-state index in [4.69, 9.17) is 15.7 Å². The zero-order valence-electron chi connectivity index (χ0n) is 10.1. The molecule has 0 amide bonds. The van der Waals surface area contributed by atoms with Crippen LogP contribution in [0.3, 0.4) is 0 Å². The second-order valence-corrected chi connectivity index (χ2v) is 3.85. The topological polar surface area (TPSA) is 84.8 Å². The van der Waals surface area contributed by atoms with E-state index in [1.54, 1.807) is 24.4 Å². The summed E-state index contributed by atoms with van der Waals surface area (Å²) in [7, 11) is 0. The molecular formula is C13H12N4O. The molecule has 18 heavy (non-hydrogen) atoms. The molecule has 0 aliphatic carbocycles. The standard InChI is InChI=1S/C13H12N4O/c1-8-9(2)17-13(7-16-8)18-12-4-3-10(6-14)5-11(12)15/h3-5,7H,15H2,1-2H3. The second kappa shape index (κ2) is 4.72. The molecule has 2 aromatic rings. The highest BCUT2D eigenvalue weighted by atomic mass is 16.5. The minimum Gasteiger partial charge on any atom is -0.435 e. The largest absolute Gasteiger partial charge is 0.435 e. The van der Waals surface area contributed by atoms with Crippen LogP contribution < -0.4 is 10.5 Å². The van der Waals surface area contributed by atoms with Crippen LogP contribution in [0.4, 0.5) is 5.69 Å². The summed E-state index contributed by atoms with van der Waals surface area (Å²) in [6, 6.07) is 6.85. The van der Waals surface area contributed by atoms with E-state index >= 15 is 0 Å². The second-order valence-electron chi connectivity index (χ2n) is 3.85. The van der Waals surface area contributed by atoms with Gasteiger partial charge in [0, 0.05) is 0 Å². The number of hydrogen-bond donors (Lipinski definition) is 1. The van der Waals surface area contributed by atoms with Crippen molar-refractivity contribution in [1.29, 1.82) is 5.26 Å². The van der Waals surface area contributed by atoms with Crippen molar-refractivity contribution in [3.05, 3.63) is 41.3 Å². The molecule has 5 heteroatoms. The van der Waals surface area contributed by atoms with Crippen molar-refractivity contribution >= 4 is 5.69 Å². The van der Waals surface area contributed by atoms with E-state index in [1.807, 2.05) is 19.9 Å². The fourth-order valence-corrected chi connectivity index (χ4v) is 1.39. The SMILES string of the molecule is Cc1ncc(Oc2ccc(C#N)cc2N)nc1C. The first kappa shape index (κ1) is 11.9. The summed E-state index contributed by atoms with van der Waals surface area (Å²) in [5.74, 6) is 0.848. The Kier molecular flexibility index (Phi) is 3.11. The minimum absolute atomic E-state index is 0.384. The fourth-order valence-electron chi connectivity index (χ4n) is 1.39. The first-order chi connectivity index (χ1) is 8.60. The van der Waals surface area contributed by atoms with Gasteiger partial charge in [0.15, 0.2) is 5.75 Å². The summed E-state index contributed by atoms with van der Waals surface area (Å²) in [5, 5.41) is 8.74. The third kappa shape index (κ3) is 2.38. The Morgan fingerprint density at radius 3 is 2.67 bits per heavy atom. The van der Waals surface area contributed by atoms with E-state index < -0.39 is 0 Å². The van der Waals surface area contributed by atoms with Crippen LogP contribution in [0.2, 0.25) is 0 Å². The number of nitrogens with two attached hydrogens (primary N) is 1. The van der Waals surface area contributed by atoms with Crippen molar-refractivity contribution in [2.45, 2.75) is 13.8 Å². The molecule has 0 spiro atoms. The number of hydrogen-bond acceptors (Lipinski definition) is 5. The van der Waals surface area contributed by atoms with Gasteiger partial charge in [-0.15, -0.1) is 0 Å². The lowest BCUT2D eigenvalue weighted by atomic mass is 10.2. The van der Waals surface area contributed by atoms with Crippen LogP contribution in [0.1, 0.15) is 17.0 Å². The van der Waals surface area contributed by atoms with Crippen LogP contribution in [0, 0.1) is 25.2 Å². The molecule has 0 aliphatic rings. The van der Waals surface area contributed by atoms with Crippen LogP contribution in [0.15, 0.2) is 24.4 Å². The zero-order chi connectivity index (χ0) is 13.1. The van der Waals surface area contributed by atoms with Crippen LogP contribution in [-0.4, -0.2) is 9.97 Å². The normalized spacial score (nSPS) is 9.83. The average Bonchev–Trinajstić information content (AvgIpc) is 2.36. The van der Waals surface area contributed by atoms with Gasteiger partial charge in [0.1, 0.15) is 0 Å². The third-order valence-corrected chi connectivity index (χ3v) is 2.52. The summed E-state index contributed by atoms with van der Waals surface area (Å²) in [6.45, 7) is 3.74. The van der Waals surface area contributed by atoms with E-state index in [1.165, 1.54) is 0 Å². The van der Waals surface area contributed by atoms with E-state index in [0.29, 0.717) is 22.9 Å². The number of nitrogen functional groups attached to an aromatic ring is 1. The minimum atomic E-state index is 0.384. The molecular weight excluding hydrogens is 228 g/mol. The van der Waals surface area contributed by atoms with Crippen LogP contribution in [-0.2, 0) is 0 Å². The van der Waals surface area contributed by atoms with Gasteiger partial charge in [-0.1, -0.05) is 0 Å². The fraction of sp³-hybridized carbons (Fsp3) is 0.154. The summed E-state index contributed by atoms with van der Waals surface area (Å²) >= 11 is 0. The Morgan fingerprint density at radius 1 is 1.28 bits per heavy atom. The van der Waals surface area contributed by atoms with Crippen molar-refractivity contribution < 1.29 is 4.74 Å². The van der Waals surface area contributed by atoms with Gasteiger partial charge in [0.2, 0.25) is 5.88 Å². The molecule has 0 saturated heterocycles. The highest BCUT2D eigenvalue weighted by molar-refractivity contribution is 5.57. The van der Waals surface area contributed by atoms with Crippen molar-refractivity contribution in [3.8, 4) is 17.7 Å². The van der Waals surface area contributed by atoms with Gasteiger partial charge in [-0.2, -0.15) is 5.26 Å². The summed E-state index contributed by atoms with van der Waals surface area (Å²) in [5.41, 5.74) is 8.34. The number of nitriles is 1. The molecule has 0 saturated carbocycles. The molecule has 90 valence electrons. The quantitative estimate of drug-likeness (QED) is 0.814. The van der Waals surface area contributed by atoms with Crippen LogP contribution in [0.25, 0.3) is 0 Å². The maximum absolute atomic E-state index is 8.74. The van der Waals surface area contributed by atoms with Crippen molar-refractivity contribution in [1.82, 2.24) is 9.97 Å². The lowest BCUT2D eigenvalue weighted by Gasteiger charge is -2.08. The lowest BCUT2D eigenvalue weighted by molar-refractivity contribution is 0.460. The molecule has 0 aliphatic heterocycles. The Hall–Kier alpha value is -2.61. The third-order valence-electron chi connectivity index (χ3n) is 2.52. The molecule has 0 bridgehead atoms. The van der Waals surface area contributed by atoms with Gasteiger partial charge in [-0.3, -0.25) is 4.98 Å². The van der Waals surface area contributed by atoms with Crippen molar-refractivity contribution in [2.75, 3.05) is 5.73 Å². The number of benzene rings is 1. The molecule has 0 atom stereocenters.